The van der Waals surface area contributed by atoms with Crippen LogP contribution >= 0.6 is 0 Å². The van der Waals surface area contributed by atoms with Crippen LogP contribution in [0.15, 0.2) is 59.7 Å². The van der Waals surface area contributed by atoms with Crippen LogP contribution in [0.4, 0.5) is 4.39 Å². The lowest BCUT2D eigenvalue weighted by Crippen LogP contribution is -2.15. The zero-order valence-electron chi connectivity index (χ0n) is 10.7. The summed E-state index contributed by atoms with van der Waals surface area (Å²) in [5, 5.41) is 15.5. The van der Waals surface area contributed by atoms with E-state index in [2.05, 4.69) is 5.10 Å². The summed E-state index contributed by atoms with van der Waals surface area (Å²) in [5.41, 5.74) is 1.42. The minimum absolute atomic E-state index is 0.164. The van der Waals surface area contributed by atoms with Crippen molar-refractivity contribution in [1.82, 2.24) is 0 Å². The molecule has 0 amide bonds. The van der Waals surface area contributed by atoms with Gasteiger partial charge in [-0.15, -0.1) is 0 Å². The van der Waals surface area contributed by atoms with Gasteiger partial charge < -0.3 is 5.11 Å². The van der Waals surface area contributed by atoms with E-state index < -0.39 is 0 Å². The molecule has 0 saturated carbocycles. The average molecular weight is 268 g/mol. The van der Waals surface area contributed by atoms with Gasteiger partial charge in [0.2, 0.25) is 12.3 Å². The Labute approximate surface area is 116 Å². The molecular formula is C16H13FN2O. The number of hydrogen-bond acceptors (Lipinski definition) is 2. The Hall–Kier alpha value is -2.49. The van der Waals surface area contributed by atoms with Crippen molar-refractivity contribution < 1.29 is 14.2 Å². The second-order valence-corrected chi connectivity index (χ2v) is 4.65. The third-order valence-electron chi connectivity index (χ3n) is 3.28. The van der Waals surface area contributed by atoms with Gasteiger partial charge in [0.25, 0.3) is 0 Å². The highest BCUT2D eigenvalue weighted by atomic mass is 19.1. The Morgan fingerprint density at radius 1 is 1.10 bits per heavy atom. The highest BCUT2D eigenvalue weighted by Crippen LogP contribution is 2.25. The van der Waals surface area contributed by atoms with Crippen LogP contribution in [0.2, 0.25) is 0 Å². The third-order valence-corrected chi connectivity index (χ3v) is 3.28. The Kier molecular flexibility index (Phi) is 3.29. The van der Waals surface area contributed by atoms with Crippen LogP contribution in [0, 0.1) is 5.82 Å². The number of nitrogens with zero attached hydrogens (tertiary/aromatic N) is 2. The van der Waals surface area contributed by atoms with E-state index in [0.29, 0.717) is 12.0 Å². The largest absolute Gasteiger partial charge is 0.857 e. The van der Waals surface area contributed by atoms with Crippen LogP contribution in [0.1, 0.15) is 23.6 Å². The van der Waals surface area contributed by atoms with Crippen molar-refractivity contribution in [2.24, 2.45) is 5.10 Å². The fraction of sp³-hybridized carbons (Fsp3) is 0.125. The van der Waals surface area contributed by atoms with Crippen molar-refractivity contribution >= 4 is 12.1 Å². The lowest BCUT2D eigenvalue weighted by Gasteiger charge is -2.06. The SMILES string of the molecule is [O-]C1=N/[N+](=C\c2ccccc2F)[C@@H](c2ccccc2)C1. The Bertz CT molecular complexity index is 680. The topological polar surface area (TPSA) is 38.4 Å². The first-order valence-corrected chi connectivity index (χ1v) is 6.41. The monoisotopic (exact) mass is 268 g/mol. The van der Waals surface area contributed by atoms with Gasteiger partial charge in [0.05, 0.1) is 12.0 Å². The molecule has 4 heteroatoms. The molecule has 2 aromatic rings. The highest BCUT2D eigenvalue weighted by Gasteiger charge is 2.29. The van der Waals surface area contributed by atoms with Gasteiger partial charge in [0.1, 0.15) is 5.82 Å². The first-order valence-electron chi connectivity index (χ1n) is 6.41. The fourth-order valence-corrected chi connectivity index (χ4v) is 2.29. The molecule has 2 aromatic carbocycles. The van der Waals surface area contributed by atoms with Crippen molar-refractivity contribution in [2.45, 2.75) is 12.5 Å². The molecule has 0 N–H and O–H groups in total. The molecular weight excluding hydrogens is 255 g/mol. The summed E-state index contributed by atoms with van der Waals surface area (Å²) in [6, 6.07) is 15.9. The summed E-state index contributed by atoms with van der Waals surface area (Å²) in [4.78, 5) is 0. The Morgan fingerprint density at radius 3 is 2.55 bits per heavy atom. The molecule has 0 fully saturated rings. The second kappa shape index (κ2) is 5.25. The summed E-state index contributed by atoms with van der Waals surface area (Å²) >= 11 is 0. The van der Waals surface area contributed by atoms with Crippen molar-refractivity contribution in [3.63, 3.8) is 0 Å². The van der Waals surface area contributed by atoms with Gasteiger partial charge in [-0.25, -0.2) is 4.39 Å². The van der Waals surface area contributed by atoms with Gasteiger partial charge in [0, 0.05) is 11.5 Å². The maximum Gasteiger partial charge on any atom is 0.213 e. The van der Waals surface area contributed by atoms with E-state index in [4.69, 9.17) is 0 Å². The number of hydrogen-bond donors (Lipinski definition) is 0. The average Bonchev–Trinajstić information content (AvgIpc) is 2.83. The molecule has 100 valence electrons. The zero-order chi connectivity index (χ0) is 13.9. The minimum Gasteiger partial charge on any atom is -0.857 e. The van der Waals surface area contributed by atoms with Gasteiger partial charge in [0.15, 0.2) is 0 Å². The van der Waals surface area contributed by atoms with Crippen LogP contribution in [0.3, 0.4) is 0 Å². The van der Waals surface area contributed by atoms with Crippen molar-refractivity contribution in [3.05, 3.63) is 71.5 Å². The summed E-state index contributed by atoms with van der Waals surface area (Å²) in [6.07, 6.45) is 1.90. The fourth-order valence-electron chi connectivity index (χ4n) is 2.29. The summed E-state index contributed by atoms with van der Waals surface area (Å²) in [6.45, 7) is 0. The zero-order valence-corrected chi connectivity index (χ0v) is 10.7. The van der Waals surface area contributed by atoms with Crippen LogP contribution < -0.4 is 5.11 Å². The molecule has 0 aromatic heterocycles. The smallest absolute Gasteiger partial charge is 0.213 e. The molecule has 1 atom stereocenters. The number of halogens is 1. The van der Waals surface area contributed by atoms with Gasteiger partial charge in [-0.3, -0.25) is 0 Å². The molecule has 0 bridgehead atoms. The lowest BCUT2D eigenvalue weighted by atomic mass is 10.0. The minimum atomic E-state index is -0.325. The van der Waals surface area contributed by atoms with Crippen molar-refractivity contribution in [1.29, 1.82) is 0 Å². The molecule has 0 radical (unpaired) electrons. The quantitative estimate of drug-likeness (QED) is 0.768. The molecule has 1 heterocycles. The Morgan fingerprint density at radius 2 is 1.80 bits per heavy atom. The number of benzene rings is 2. The summed E-state index contributed by atoms with van der Waals surface area (Å²) < 4.78 is 15.2. The molecule has 0 aliphatic carbocycles. The molecule has 1 aliphatic heterocycles. The van der Waals surface area contributed by atoms with Crippen LogP contribution in [0.5, 0.6) is 0 Å². The van der Waals surface area contributed by atoms with E-state index in [-0.39, 0.29) is 17.8 Å². The van der Waals surface area contributed by atoms with Gasteiger partial charge in [-0.05, 0) is 17.2 Å². The maximum absolute atomic E-state index is 13.7. The maximum atomic E-state index is 13.7. The van der Waals surface area contributed by atoms with Crippen LogP contribution in [-0.4, -0.2) is 16.8 Å². The molecule has 3 nitrogen and oxygen atoms in total. The van der Waals surface area contributed by atoms with E-state index in [1.165, 1.54) is 6.07 Å². The van der Waals surface area contributed by atoms with E-state index in [0.717, 1.165) is 5.56 Å². The second-order valence-electron chi connectivity index (χ2n) is 4.65. The van der Waals surface area contributed by atoms with Gasteiger partial charge in [-0.1, -0.05) is 47.1 Å². The molecule has 0 spiro atoms. The first kappa shape index (κ1) is 12.5. The predicted molar refractivity (Wildman–Crippen MR) is 73.1 cm³/mol. The summed E-state index contributed by atoms with van der Waals surface area (Å²) in [5.74, 6) is -0.514. The number of hydrazone groups is 1. The van der Waals surface area contributed by atoms with Crippen LogP contribution in [-0.2, 0) is 0 Å². The lowest BCUT2D eigenvalue weighted by molar-refractivity contribution is -0.563. The molecule has 1 aliphatic rings. The van der Waals surface area contributed by atoms with E-state index in [1.54, 1.807) is 29.1 Å². The number of rotatable bonds is 2. The van der Waals surface area contributed by atoms with Crippen molar-refractivity contribution in [2.75, 3.05) is 0 Å². The van der Waals surface area contributed by atoms with E-state index in [9.17, 15) is 9.50 Å². The van der Waals surface area contributed by atoms with Crippen LogP contribution in [0.25, 0.3) is 0 Å². The van der Waals surface area contributed by atoms with Gasteiger partial charge >= 0.3 is 0 Å². The first-order chi connectivity index (χ1) is 9.74. The van der Waals surface area contributed by atoms with E-state index in [1.807, 2.05) is 30.3 Å². The Balaban J connectivity index is 2.00. The van der Waals surface area contributed by atoms with Gasteiger partial charge in [-0.2, -0.15) is 0 Å². The normalized spacial score (nSPS) is 20.1. The highest BCUT2D eigenvalue weighted by molar-refractivity contribution is 5.78. The molecule has 3 rings (SSSR count). The summed E-state index contributed by atoms with van der Waals surface area (Å²) in [7, 11) is 0. The molecule has 0 unspecified atom stereocenters. The predicted octanol–water partition coefficient (Wildman–Crippen LogP) is 2.08. The molecule has 0 saturated heterocycles. The third kappa shape index (κ3) is 2.45. The van der Waals surface area contributed by atoms with Crippen molar-refractivity contribution in [3.8, 4) is 0 Å². The standard InChI is InChI=1S/C16H13FN2O/c17-14-9-5-4-8-13(14)11-19-15(10-16(20)18-19)12-6-2-1-3-7-12/h1-9,11,15H,10H2/b19-11-/t15-/m1/s1. The molecule has 20 heavy (non-hydrogen) atoms. The van der Waals surface area contributed by atoms with E-state index >= 15 is 0 Å².